The number of carbonyl (C=O) groups excluding carboxylic acids is 2. The van der Waals surface area contributed by atoms with Crippen molar-refractivity contribution in [2.45, 2.75) is 13.8 Å². The smallest absolute Gasteiger partial charge is 0.254 e. The lowest BCUT2D eigenvalue weighted by molar-refractivity contribution is -0.130. The third-order valence-electron chi connectivity index (χ3n) is 6.30. The number of aryl methyl sites for hydroxylation is 1. The number of hydrogen-bond acceptors (Lipinski definition) is 4. The number of rotatable bonds is 3. The lowest BCUT2D eigenvalue weighted by Crippen LogP contribution is -2.50. The van der Waals surface area contributed by atoms with Crippen LogP contribution in [0.15, 0.2) is 61.1 Å². The van der Waals surface area contributed by atoms with Gasteiger partial charge in [0.15, 0.2) is 0 Å². The van der Waals surface area contributed by atoms with Crippen LogP contribution in [0.25, 0.3) is 28.0 Å². The SMILES string of the molecule is CC(=O)N1CCN(C(=O)c2ccc3c(C)cn(-c4ncc(-c5ccccc5F)cn4)c3c2)CC1. The molecule has 0 atom stereocenters. The van der Waals surface area contributed by atoms with Gasteiger partial charge in [-0.05, 0) is 30.7 Å². The van der Waals surface area contributed by atoms with E-state index in [1.807, 2.05) is 35.9 Å². The highest BCUT2D eigenvalue weighted by Crippen LogP contribution is 2.26. The molecule has 0 N–H and O–H groups in total. The Morgan fingerprint density at radius 1 is 0.941 bits per heavy atom. The number of aromatic nitrogens is 3. The van der Waals surface area contributed by atoms with Crippen molar-refractivity contribution < 1.29 is 14.0 Å². The molecule has 8 heteroatoms. The number of benzene rings is 2. The van der Waals surface area contributed by atoms with Crippen LogP contribution in [0.1, 0.15) is 22.8 Å². The normalized spacial score (nSPS) is 14.0. The summed E-state index contributed by atoms with van der Waals surface area (Å²) < 4.78 is 16.0. The van der Waals surface area contributed by atoms with Gasteiger partial charge in [0.25, 0.3) is 5.91 Å². The molecule has 2 amide bonds. The zero-order chi connectivity index (χ0) is 23.8. The average molecular weight is 458 g/mol. The van der Waals surface area contributed by atoms with E-state index in [4.69, 9.17) is 0 Å². The van der Waals surface area contributed by atoms with Crippen LogP contribution in [-0.2, 0) is 4.79 Å². The summed E-state index contributed by atoms with van der Waals surface area (Å²) in [5.41, 5.74) is 3.47. The maximum atomic E-state index is 14.1. The van der Waals surface area contributed by atoms with E-state index in [9.17, 15) is 14.0 Å². The molecular weight excluding hydrogens is 433 g/mol. The molecule has 0 bridgehead atoms. The standard InChI is InChI=1S/C26H24FN5O2/c1-17-16-32(26-28-14-20(15-29-26)22-5-3-4-6-23(22)27)24-13-19(7-8-21(17)24)25(34)31-11-9-30(10-12-31)18(2)33/h3-8,13-16H,9-12H2,1-2H3. The van der Waals surface area contributed by atoms with E-state index < -0.39 is 0 Å². The molecule has 0 saturated carbocycles. The quantitative estimate of drug-likeness (QED) is 0.469. The Hall–Kier alpha value is -4.07. The lowest BCUT2D eigenvalue weighted by atomic mass is 10.1. The number of hydrogen-bond donors (Lipinski definition) is 0. The first-order chi connectivity index (χ1) is 16.4. The average Bonchev–Trinajstić information content (AvgIpc) is 3.20. The van der Waals surface area contributed by atoms with Crippen LogP contribution in [0.4, 0.5) is 4.39 Å². The first kappa shape index (κ1) is 21.8. The third-order valence-corrected chi connectivity index (χ3v) is 6.30. The van der Waals surface area contributed by atoms with E-state index in [1.165, 1.54) is 6.07 Å². The zero-order valence-corrected chi connectivity index (χ0v) is 19.0. The van der Waals surface area contributed by atoms with Crippen LogP contribution in [0.3, 0.4) is 0 Å². The van der Waals surface area contributed by atoms with Gasteiger partial charge in [-0.2, -0.15) is 0 Å². The van der Waals surface area contributed by atoms with Gasteiger partial charge in [0, 0.05) is 73.8 Å². The number of halogens is 1. The minimum Gasteiger partial charge on any atom is -0.339 e. The third kappa shape index (κ3) is 3.91. The second-order valence-corrected chi connectivity index (χ2v) is 8.46. The van der Waals surface area contributed by atoms with Crippen LogP contribution in [-0.4, -0.2) is 62.3 Å². The summed E-state index contributed by atoms with van der Waals surface area (Å²) in [6, 6.07) is 12.1. The van der Waals surface area contributed by atoms with Crippen molar-refractivity contribution in [1.29, 1.82) is 0 Å². The summed E-state index contributed by atoms with van der Waals surface area (Å²) in [4.78, 5) is 37.2. The van der Waals surface area contributed by atoms with E-state index >= 15 is 0 Å². The van der Waals surface area contributed by atoms with E-state index in [1.54, 1.807) is 47.3 Å². The maximum absolute atomic E-state index is 14.1. The number of fused-ring (bicyclic) bond motifs is 1. The minimum absolute atomic E-state index is 0.0304. The second-order valence-electron chi connectivity index (χ2n) is 8.46. The highest BCUT2D eigenvalue weighted by atomic mass is 19.1. The molecule has 2 aromatic heterocycles. The Morgan fingerprint density at radius 2 is 1.62 bits per heavy atom. The second kappa shape index (κ2) is 8.70. The molecule has 7 nitrogen and oxygen atoms in total. The van der Waals surface area contributed by atoms with E-state index in [0.29, 0.717) is 48.8 Å². The van der Waals surface area contributed by atoms with Gasteiger partial charge in [-0.3, -0.25) is 14.2 Å². The molecule has 1 aliphatic heterocycles. The van der Waals surface area contributed by atoms with Gasteiger partial charge in [0.05, 0.1) is 5.52 Å². The fourth-order valence-electron chi connectivity index (χ4n) is 4.38. The fraction of sp³-hybridized carbons (Fsp3) is 0.231. The molecule has 0 aliphatic carbocycles. The molecule has 34 heavy (non-hydrogen) atoms. The number of carbonyl (C=O) groups is 2. The molecule has 4 aromatic rings. The van der Waals surface area contributed by atoms with Crippen LogP contribution < -0.4 is 0 Å². The van der Waals surface area contributed by atoms with Crippen LogP contribution in [0.2, 0.25) is 0 Å². The summed E-state index contributed by atoms with van der Waals surface area (Å²) in [5.74, 6) is 0.0837. The fourth-order valence-corrected chi connectivity index (χ4v) is 4.38. The molecule has 2 aromatic carbocycles. The zero-order valence-electron chi connectivity index (χ0n) is 19.0. The molecule has 172 valence electrons. The van der Waals surface area contributed by atoms with Crippen molar-refractivity contribution in [3.8, 4) is 17.1 Å². The van der Waals surface area contributed by atoms with Crippen LogP contribution >= 0.6 is 0 Å². The Bertz CT molecular complexity index is 1390. The Balaban J connectivity index is 1.45. The van der Waals surface area contributed by atoms with Crippen molar-refractivity contribution in [3.63, 3.8) is 0 Å². The van der Waals surface area contributed by atoms with Gasteiger partial charge in [-0.15, -0.1) is 0 Å². The summed E-state index contributed by atoms with van der Waals surface area (Å²) in [6.07, 6.45) is 5.14. The highest BCUT2D eigenvalue weighted by molar-refractivity contribution is 5.99. The van der Waals surface area contributed by atoms with Crippen molar-refractivity contribution in [3.05, 3.63) is 78.0 Å². The molecule has 1 saturated heterocycles. The largest absolute Gasteiger partial charge is 0.339 e. The Morgan fingerprint density at radius 3 is 2.29 bits per heavy atom. The number of piperazine rings is 1. The first-order valence-electron chi connectivity index (χ1n) is 11.2. The van der Waals surface area contributed by atoms with Gasteiger partial charge >= 0.3 is 0 Å². The van der Waals surface area contributed by atoms with Gasteiger partial charge in [0.1, 0.15) is 5.82 Å². The van der Waals surface area contributed by atoms with Crippen LogP contribution in [0.5, 0.6) is 0 Å². The van der Waals surface area contributed by atoms with Gasteiger partial charge < -0.3 is 9.80 Å². The summed E-state index contributed by atoms with van der Waals surface area (Å²) in [5, 5.41) is 1.000. The van der Waals surface area contributed by atoms with E-state index in [0.717, 1.165) is 16.5 Å². The van der Waals surface area contributed by atoms with Crippen molar-refractivity contribution in [2.24, 2.45) is 0 Å². The van der Waals surface area contributed by atoms with Crippen molar-refractivity contribution >= 4 is 22.7 Å². The topological polar surface area (TPSA) is 71.3 Å². The van der Waals surface area contributed by atoms with E-state index in [-0.39, 0.29) is 17.6 Å². The predicted molar refractivity (Wildman–Crippen MR) is 127 cm³/mol. The maximum Gasteiger partial charge on any atom is 0.254 e. The summed E-state index contributed by atoms with van der Waals surface area (Å²) in [7, 11) is 0. The van der Waals surface area contributed by atoms with Crippen LogP contribution in [0, 0.1) is 12.7 Å². The van der Waals surface area contributed by atoms with Gasteiger partial charge in [0.2, 0.25) is 11.9 Å². The molecule has 1 aliphatic rings. The van der Waals surface area contributed by atoms with E-state index in [2.05, 4.69) is 9.97 Å². The van der Waals surface area contributed by atoms with Crippen molar-refractivity contribution in [2.75, 3.05) is 26.2 Å². The monoisotopic (exact) mass is 457 g/mol. The molecule has 3 heterocycles. The molecular formula is C26H24FN5O2. The van der Waals surface area contributed by atoms with Gasteiger partial charge in [-0.1, -0.05) is 24.3 Å². The van der Waals surface area contributed by atoms with Crippen molar-refractivity contribution in [1.82, 2.24) is 24.3 Å². The van der Waals surface area contributed by atoms with Gasteiger partial charge in [-0.25, -0.2) is 14.4 Å². The molecule has 0 unspecified atom stereocenters. The molecule has 0 spiro atoms. The summed E-state index contributed by atoms with van der Waals surface area (Å²) in [6.45, 7) is 5.65. The lowest BCUT2D eigenvalue weighted by Gasteiger charge is -2.34. The summed E-state index contributed by atoms with van der Waals surface area (Å²) >= 11 is 0. The molecule has 5 rings (SSSR count). The Labute approximate surface area is 196 Å². The Kier molecular flexibility index (Phi) is 5.57. The number of nitrogens with zero attached hydrogens (tertiary/aromatic N) is 5. The first-order valence-corrected chi connectivity index (χ1v) is 11.2. The predicted octanol–water partition coefficient (Wildman–Crippen LogP) is 3.84. The molecule has 0 radical (unpaired) electrons. The highest BCUT2D eigenvalue weighted by Gasteiger charge is 2.24. The molecule has 1 fully saturated rings. The minimum atomic E-state index is -0.326. The number of amides is 2.